The van der Waals surface area contributed by atoms with Gasteiger partial charge in [0.15, 0.2) is 11.5 Å². The molecule has 1 atom stereocenters. The Labute approximate surface area is 177 Å². The van der Waals surface area contributed by atoms with Gasteiger partial charge in [-0.15, -0.1) is 0 Å². The van der Waals surface area contributed by atoms with Gasteiger partial charge in [0.05, 0.1) is 18.0 Å². The summed E-state index contributed by atoms with van der Waals surface area (Å²) >= 11 is 0. The molecular formula is C19H21F2N3O6S. The van der Waals surface area contributed by atoms with Crippen molar-refractivity contribution in [2.75, 3.05) is 17.7 Å². The molecule has 0 fully saturated rings. The second kappa shape index (κ2) is 10.2. The monoisotopic (exact) mass is 457 g/mol. The third kappa shape index (κ3) is 6.89. The summed E-state index contributed by atoms with van der Waals surface area (Å²) in [6, 6.07) is 8.00. The molecule has 0 aliphatic carbocycles. The number of sulfonamides is 1. The molecule has 12 heteroatoms. The van der Waals surface area contributed by atoms with Gasteiger partial charge in [-0.3, -0.25) is 9.59 Å². The molecule has 0 radical (unpaired) electrons. The molecular weight excluding hydrogens is 436 g/mol. The zero-order chi connectivity index (χ0) is 23.2. The van der Waals surface area contributed by atoms with Crippen LogP contribution in [0.5, 0.6) is 11.5 Å². The van der Waals surface area contributed by atoms with Gasteiger partial charge in [-0.25, -0.2) is 8.42 Å². The maximum Gasteiger partial charge on any atom is 0.387 e. The first-order valence-corrected chi connectivity index (χ1v) is 10.3. The van der Waals surface area contributed by atoms with E-state index in [4.69, 9.17) is 4.74 Å². The van der Waals surface area contributed by atoms with Crippen molar-refractivity contribution in [2.24, 2.45) is 0 Å². The summed E-state index contributed by atoms with van der Waals surface area (Å²) in [4.78, 5) is 23.3. The molecule has 2 aromatic rings. The van der Waals surface area contributed by atoms with E-state index >= 15 is 0 Å². The first-order valence-electron chi connectivity index (χ1n) is 8.85. The lowest BCUT2D eigenvalue weighted by Crippen LogP contribution is -2.41. The van der Waals surface area contributed by atoms with Crippen molar-refractivity contribution >= 4 is 33.2 Å². The van der Waals surface area contributed by atoms with Crippen LogP contribution in [0.25, 0.3) is 0 Å². The van der Waals surface area contributed by atoms with Gasteiger partial charge < -0.3 is 20.1 Å². The topological polar surface area (TPSA) is 123 Å². The molecule has 2 amide bonds. The molecule has 0 bridgehead atoms. The van der Waals surface area contributed by atoms with Crippen LogP contribution >= 0.6 is 0 Å². The van der Waals surface area contributed by atoms with E-state index in [0.29, 0.717) is 5.69 Å². The number of ether oxygens (including phenoxy) is 2. The smallest absolute Gasteiger partial charge is 0.387 e. The third-order valence-electron chi connectivity index (χ3n) is 3.86. The van der Waals surface area contributed by atoms with E-state index < -0.39 is 28.6 Å². The lowest BCUT2D eigenvalue weighted by molar-refractivity contribution is -0.117. The van der Waals surface area contributed by atoms with Crippen LogP contribution in [0.15, 0.2) is 47.4 Å². The predicted octanol–water partition coefficient (Wildman–Crippen LogP) is 2.56. The van der Waals surface area contributed by atoms with Crippen molar-refractivity contribution in [3.8, 4) is 11.5 Å². The van der Waals surface area contributed by atoms with Crippen LogP contribution in [0.3, 0.4) is 0 Å². The summed E-state index contributed by atoms with van der Waals surface area (Å²) < 4.78 is 61.5. The lowest BCUT2D eigenvalue weighted by atomic mass is 10.2. The van der Waals surface area contributed by atoms with Gasteiger partial charge >= 0.3 is 6.61 Å². The van der Waals surface area contributed by atoms with Gasteiger partial charge in [0, 0.05) is 24.4 Å². The standard InChI is InChI=1S/C19H21F2N3O6S/c1-11(24-31(27,28)15-7-4-13(5-8-15)22-12(2)25)18(26)23-14-6-9-16(29-3)17(10-14)30-19(20)21/h4-11,19,24H,1-3H3,(H,22,25)(H,23,26)/t11-/m0/s1. The van der Waals surface area contributed by atoms with Gasteiger partial charge in [-0.1, -0.05) is 0 Å². The van der Waals surface area contributed by atoms with Gasteiger partial charge in [-0.05, 0) is 43.3 Å². The van der Waals surface area contributed by atoms with Crippen molar-refractivity contribution in [1.29, 1.82) is 0 Å². The van der Waals surface area contributed by atoms with E-state index in [0.717, 1.165) is 6.07 Å². The molecule has 0 unspecified atom stereocenters. The molecule has 0 spiro atoms. The maximum absolute atomic E-state index is 12.5. The van der Waals surface area contributed by atoms with Crippen molar-refractivity contribution in [3.63, 3.8) is 0 Å². The summed E-state index contributed by atoms with van der Waals surface area (Å²) in [5.41, 5.74) is 0.519. The molecule has 0 aliphatic heterocycles. The van der Waals surface area contributed by atoms with E-state index in [-0.39, 0.29) is 28.0 Å². The fourth-order valence-corrected chi connectivity index (χ4v) is 3.67. The Kier molecular flexibility index (Phi) is 7.89. The molecule has 0 saturated heterocycles. The molecule has 2 rings (SSSR count). The molecule has 31 heavy (non-hydrogen) atoms. The van der Waals surface area contributed by atoms with E-state index in [2.05, 4.69) is 20.1 Å². The summed E-state index contributed by atoms with van der Waals surface area (Å²) in [7, 11) is -2.77. The van der Waals surface area contributed by atoms with Crippen LogP contribution in [0, 0.1) is 0 Å². The molecule has 9 nitrogen and oxygen atoms in total. The minimum Gasteiger partial charge on any atom is -0.493 e. The van der Waals surface area contributed by atoms with Crippen molar-refractivity contribution < 1.29 is 36.3 Å². The largest absolute Gasteiger partial charge is 0.493 e. The Balaban J connectivity index is 2.08. The number of benzene rings is 2. The fourth-order valence-electron chi connectivity index (χ4n) is 2.47. The van der Waals surface area contributed by atoms with Crippen molar-refractivity contribution in [2.45, 2.75) is 31.4 Å². The predicted molar refractivity (Wildman–Crippen MR) is 109 cm³/mol. The van der Waals surface area contributed by atoms with E-state index in [1.165, 1.54) is 57.4 Å². The first kappa shape index (κ1) is 24.0. The second-order valence-electron chi connectivity index (χ2n) is 6.28. The zero-order valence-electron chi connectivity index (χ0n) is 16.8. The van der Waals surface area contributed by atoms with E-state index in [1.54, 1.807) is 0 Å². The number of methoxy groups -OCH3 is 1. The minimum absolute atomic E-state index is 0.0368. The number of nitrogens with one attached hydrogen (secondary N) is 3. The molecule has 2 aromatic carbocycles. The quantitative estimate of drug-likeness (QED) is 0.532. The number of carbonyl (C=O) groups is 2. The molecule has 0 heterocycles. The van der Waals surface area contributed by atoms with E-state index in [9.17, 15) is 26.8 Å². The Morgan fingerprint density at radius 3 is 2.13 bits per heavy atom. The van der Waals surface area contributed by atoms with Crippen molar-refractivity contribution in [1.82, 2.24) is 4.72 Å². The fraction of sp³-hybridized carbons (Fsp3) is 0.263. The molecule has 168 valence electrons. The number of halogens is 2. The number of rotatable bonds is 9. The normalized spacial score (nSPS) is 12.2. The lowest BCUT2D eigenvalue weighted by Gasteiger charge is -2.16. The Bertz CT molecular complexity index is 1050. The summed E-state index contributed by atoms with van der Waals surface area (Å²) in [6.45, 7) is -0.459. The van der Waals surface area contributed by atoms with Crippen LogP contribution in [0.4, 0.5) is 20.2 Å². The van der Waals surface area contributed by atoms with Gasteiger partial charge in [-0.2, -0.15) is 13.5 Å². The average Bonchev–Trinajstić information content (AvgIpc) is 2.67. The molecule has 0 aromatic heterocycles. The number of alkyl halides is 2. The summed E-state index contributed by atoms with van der Waals surface area (Å²) in [6.07, 6.45) is 0. The van der Waals surface area contributed by atoms with Gasteiger partial charge in [0.2, 0.25) is 21.8 Å². The summed E-state index contributed by atoms with van der Waals surface area (Å²) in [5.74, 6) is -1.29. The van der Waals surface area contributed by atoms with Gasteiger partial charge in [0.1, 0.15) is 0 Å². The number of carbonyl (C=O) groups excluding carboxylic acids is 2. The van der Waals surface area contributed by atoms with Crippen LogP contribution in [0.1, 0.15) is 13.8 Å². The van der Waals surface area contributed by atoms with Crippen LogP contribution in [0.2, 0.25) is 0 Å². The zero-order valence-corrected chi connectivity index (χ0v) is 17.6. The molecule has 3 N–H and O–H groups in total. The Hall–Kier alpha value is -3.25. The number of anilines is 2. The SMILES string of the molecule is COc1ccc(NC(=O)[C@H](C)NS(=O)(=O)c2ccc(NC(C)=O)cc2)cc1OC(F)F. The van der Waals surface area contributed by atoms with E-state index in [1.807, 2.05) is 0 Å². The Morgan fingerprint density at radius 1 is 0.968 bits per heavy atom. The molecule has 0 saturated carbocycles. The first-order chi connectivity index (χ1) is 14.5. The van der Waals surface area contributed by atoms with Crippen LogP contribution in [-0.2, 0) is 19.6 Å². The number of hydrogen-bond acceptors (Lipinski definition) is 6. The highest BCUT2D eigenvalue weighted by atomic mass is 32.2. The Morgan fingerprint density at radius 2 is 1.58 bits per heavy atom. The highest BCUT2D eigenvalue weighted by Gasteiger charge is 2.23. The maximum atomic E-state index is 12.5. The van der Waals surface area contributed by atoms with Crippen LogP contribution < -0.4 is 24.8 Å². The second-order valence-corrected chi connectivity index (χ2v) is 8.00. The molecule has 0 aliphatic rings. The number of amides is 2. The highest BCUT2D eigenvalue weighted by molar-refractivity contribution is 7.89. The van der Waals surface area contributed by atoms with Crippen molar-refractivity contribution in [3.05, 3.63) is 42.5 Å². The van der Waals surface area contributed by atoms with Crippen LogP contribution in [-0.4, -0.2) is 40.0 Å². The third-order valence-corrected chi connectivity index (χ3v) is 5.41. The summed E-state index contributed by atoms with van der Waals surface area (Å²) in [5, 5.41) is 4.93. The number of hydrogen-bond donors (Lipinski definition) is 3. The highest BCUT2D eigenvalue weighted by Crippen LogP contribution is 2.31. The minimum atomic E-state index is -4.04. The average molecular weight is 457 g/mol. The van der Waals surface area contributed by atoms with Gasteiger partial charge in [0.25, 0.3) is 0 Å².